The number of hydrogen-bond donors (Lipinski definition) is 1. The molecule has 0 aliphatic carbocycles. The summed E-state index contributed by atoms with van der Waals surface area (Å²) in [7, 11) is -1.23. The first-order valence-corrected chi connectivity index (χ1v) is 4.80. The summed E-state index contributed by atoms with van der Waals surface area (Å²) in [5.74, 6) is 0. The normalized spacial score (nSPS) is 14.0. The minimum atomic E-state index is -2.68. The Bertz CT molecular complexity index is 64.3. The molecule has 0 spiro atoms. The van der Waals surface area contributed by atoms with Crippen LogP contribution in [-0.4, -0.2) is 25.3 Å². The van der Waals surface area contributed by atoms with Crippen LogP contribution in [0, 0.1) is 0 Å². The molecule has 0 amide bonds. The van der Waals surface area contributed by atoms with Crippen LogP contribution in [0.15, 0.2) is 0 Å². The van der Waals surface area contributed by atoms with Crippen molar-refractivity contribution in [3.8, 4) is 0 Å². The van der Waals surface area contributed by atoms with Gasteiger partial charge < -0.3 is 0 Å². The molecule has 4 heteroatoms. The van der Waals surface area contributed by atoms with Crippen molar-refractivity contribution in [2.75, 3.05) is 20.4 Å². The fraction of sp³-hybridized carbons (Fsp3) is 1.00. The first-order valence-electron chi connectivity index (χ1n) is 2.54. The second-order valence-electron chi connectivity index (χ2n) is 1.53. The van der Waals surface area contributed by atoms with Gasteiger partial charge >= 0.3 is 49.2 Å². The third kappa shape index (κ3) is 3.33. The minimum absolute atomic E-state index is 0.507. The Morgan fingerprint density at radius 2 is 2.12 bits per heavy atom. The van der Waals surface area contributed by atoms with Crippen LogP contribution in [0.25, 0.3) is 0 Å². The molecule has 0 atom stereocenters. The molecule has 0 heterocycles. The van der Waals surface area contributed by atoms with Gasteiger partial charge in [-0.15, -0.1) is 0 Å². The second kappa shape index (κ2) is 3.36. The quantitative estimate of drug-likeness (QED) is 0.589. The molecule has 0 fully saturated rings. The van der Waals surface area contributed by atoms with Crippen LogP contribution in [-0.2, 0) is 9.05 Å². The van der Waals surface area contributed by atoms with Gasteiger partial charge in [-0.25, -0.2) is 0 Å². The monoisotopic (exact) mass is 140 g/mol. The Labute approximate surface area is 50.2 Å². The molecule has 1 N–H and O–H groups in total. The SMILES string of the molecule is CCO[PH](C)(O)OC. The molecule has 0 saturated heterocycles. The van der Waals surface area contributed by atoms with E-state index in [9.17, 15) is 0 Å². The van der Waals surface area contributed by atoms with E-state index in [1.54, 1.807) is 6.66 Å². The molecule has 0 aromatic rings. The average Bonchev–Trinajstić information content (AvgIpc) is 1.67. The summed E-state index contributed by atoms with van der Waals surface area (Å²) in [6, 6.07) is 0. The fourth-order valence-electron chi connectivity index (χ4n) is 0.327. The van der Waals surface area contributed by atoms with E-state index in [-0.39, 0.29) is 0 Å². The van der Waals surface area contributed by atoms with E-state index in [2.05, 4.69) is 4.52 Å². The molecule has 0 unspecified atom stereocenters. The predicted octanol–water partition coefficient (Wildman–Crippen LogP) is 0.786. The van der Waals surface area contributed by atoms with Gasteiger partial charge in [-0.05, 0) is 0 Å². The summed E-state index contributed by atoms with van der Waals surface area (Å²) in [6.45, 7) is 3.91. The number of hydrogen-bond acceptors (Lipinski definition) is 3. The van der Waals surface area contributed by atoms with Gasteiger partial charge in [0.1, 0.15) is 0 Å². The third-order valence-electron chi connectivity index (χ3n) is 0.791. The summed E-state index contributed by atoms with van der Waals surface area (Å²) >= 11 is 0. The predicted molar refractivity (Wildman–Crippen MR) is 35.1 cm³/mol. The van der Waals surface area contributed by atoms with Crippen molar-refractivity contribution in [1.29, 1.82) is 0 Å². The molecule has 0 radical (unpaired) electrons. The molecule has 0 rings (SSSR count). The Balaban J connectivity index is 3.37. The van der Waals surface area contributed by atoms with Gasteiger partial charge in [-0.3, -0.25) is 0 Å². The molecule has 52 valence electrons. The van der Waals surface area contributed by atoms with Gasteiger partial charge in [-0.1, -0.05) is 0 Å². The first-order chi connectivity index (χ1) is 3.62. The van der Waals surface area contributed by atoms with Gasteiger partial charge in [0, 0.05) is 0 Å². The van der Waals surface area contributed by atoms with Crippen LogP contribution < -0.4 is 0 Å². The van der Waals surface area contributed by atoms with E-state index < -0.39 is 7.94 Å². The van der Waals surface area contributed by atoms with Crippen molar-refractivity contribution >= 4 is 7.94 Å². The zero-order valence-electron chi connectivity index (χ0n) is 5.47. The standard InChI is InChI=1S/C4H13O3P/c1-4-7-8(3,5)6-2/h5,8H,4H2,1-3H3. The molecular formula is C4H13O3P. The zero-order chi connectivity index (χ0) is 6.62. The number of rotatable bonds is 3. The van der Waals surface area contributed by atoms with Crippen molar-refractivity contribution in [3.05, 3.63) is 0 Å². The van der Waals surface area contributed by atoms with Crippen LogP contribution in [0.2, 0.25) is 0 Å². The van der Waals surface area contributed by atoms with E-state index >= 15 is 0 Å². The van der Waals surface area contributed by atoms with Crippen molar-refractivity contribution in [1.82, 2.24) is 0 Å². The third-order valence-corrected chi connectivity index (χ3v) is 2.37. The molecule has 0 aromatic heterocycles. The van der Waals surface area contributed by atoms with Crippen molar-refractivity contribution < 1.29 is 13.9 Å². The van der Waals surface area contributed by atoms with E-state index in [1.807, 2.05) is 6.92 Å². The average molecular weight is 140 g/mol. The molecule has 3 nitrogen and oxygen atoms in total. The van der Waals surface area contributed by atoms with Gasteiger partial charge in [0.25, 0.3) is 0 Å². The Kier molecular flexibility index (Phi) is 3.49. The summed E-state index contributed by atoms with van der Waals surface area (Å²) in [5.41, 5.74) is 0. The van der Waals surface area contributed by atoms with Crippen LogP contribution in [0.1, 0.15) is 6.92 Å². The summed E-state index contributed by atoms with van der Waals surface area (Å²) in [5, 5.41) is 0. The maximum absolute atomic E-state index is 9.02. The Morgan fingerprint density at radius 3 is 2.25 bits per heavy atom. The molecule has 0 bridgehead atoms. The van der Waals surface area contributed by atoms with Crippen LogP contribution in [0.3, 0.4) is 0 Å². The van der Waals surface area contributed by atoms with Crippen LogP contribution in [0.4, 0.5) is 0 Å². The molecule has 0 aliphatic heterocycles. The van der Waals surface area contributed by atoms with Crippen molar-refractivity contribution in [2.24, 2.45) is 0 Å². The summed E-state index contributed by atoms with van der Waals surface area (Å²) in [6.07, 6.45) is 0. The van der Waals surface area contributed by atoms with Crippen molar-refractivity contribution in [3.63, 3.8) is 0 Å². The molecular weight excluding hydrogens is 127 g/mol. The fourth-order valence-corrected chi connectivity index (χ4v) is 0.980. The van der Waals surface area contributed by atoms with E-state index in [1.165, 1.54) is 7.11 Å². The summed E-state index contributed by atoms with van der Waals surface area (Å²) < 4.78 is 9.50. The van der Waals surface area contributed by atoms with Gasteiger partial charge in [0.2, 0.25) is 0 Å². The van der Waals surface area contributed by atoms with E-state index in [4.69, 9.17) is 9.42 Å². The maximum atomic E-state index is 9.02. The molecule has 0 saturated carbocycles. The van der Waals surface area contributed by atoms with Crippen molar-refractivity contribution in [2.45, 2.75) is 6.92 Å². The van der Waals surface area contributed by atoms with E-state index in [0.717, 1.165) is 0 Å². The molecule has 0 aromatic carbocycles. The van der Waals surface area contributed by atoms with Gasteiger partial charge in [-0.2, -0.15) is 0 Å². The van der Waals surface area contributed by atoms with Crippen LogP contribution >= 0.6 is 7.94 Å². The first kappa shape index (κ1) is 8.31. The Hall–Kier alpha value is 0.310. The molecule has 8 heavy (non-hydrogen) atoms. The van der Waals surface area contributed by atoms with Crippen LogP contribution in [0.5, 0.6) is 0 Å². The summed E-state index contributed by atoms with van der Waals surface area (Å²) in [4.78, 5) is 9.02. The Morgan fingerprint density at radius 1 is 1.62 bits per heavy atom. The topological polar surface area (TPSA) is 38.7 Å². The van der Waals surface area contributed by atoms with Gasteiger partial charge in [0.05, 0.1) is 0 Å². The zero-order valence-corrected chi connectivity index (χ0v) is 6.47. The second-order valence-corrected chi connectivity index (χ2v) is 4.03. The molecule has 0 aliphatic rings. The van der Waals surface area contributed by atoms with Gasteiger partial charge in [0.15, 0.2) is 0 Å². The van der Waals surface area contributed by atoms with E-state index in [0.29, 0.717) is 6.61 Å².